The summed E-state index contributed by atoms with van der Waals surface area (Å²) in [4.78, 5) is 0. The van der Waals surface area contributed by atoms with E-state index in [1.165, 1.54) is 83.5 Å². The lowest BCUT2D eigenvalue weighted by Crippen LogP contribution is -2.19. The summed E-state index contributed by atoms with van der Waals surface area (Å²) < 4.78 is 12.0. The van der Waals surface area contributed by atoms with Gasteiger partial charge < -0.3 is 9.47 Å². The lowest BCUT2D eigenvalue weighted by Gasteiger charge is -2.19. The molecule has 2 heteroatoms. The van der Waals surface area contributed by atoms with Crippen LogP contribution in [0.3, 0.4) is 0 Å². The molecule has 0 fully saturated rings. The molecular formula is C22H46O2. The van der Waals surface area contributed by atoms with Gasteiger partial charge in [0.15, 0.2) is 6.29 Å². The molecule has 146 valence electrons. The van der Waals surface area contributed by atoms with Crippen LogP contribution in [0.5, 0.6) is 0 Å². The van der Waals surface area contributed by atoms with Crippen molar-refractivity contribution in [1.82, 2.24) is 0 Å². The third-order valence-corrected chi connectivity index (χ3v) is 4.58. The predicted molar refractivity (Wildman–Crippen MR) is 107 cm³/mol. The Morgan fingerprint density at radius 3 is 1.38 bits per heavy atom. The van der Waals surface area contributed by atoms with E-state index in [1.54, 1.807) is 0 Å². The summed E-state index contributed by atoms with van der Waals surface area (Å²) in [7, 11) is 0. The van der Waals surface area contributed by atoms with Crippen LogP contribution in [0.4, 0.5) is 0 Å². The van der Waals surface area contributed by atoms with Gasteiger partial charge in [-0.1, -0.05) is 91.9 Å². The fourth-order valence-electron chi connectivity index (χ4n) is 2.88. The van der Waals surface area contributed by atoms with Crippen LogP contribution >= 0.6 is 0 Å². The van der Waals surface area contributed by atoms with Crippen LogP contribution in [-0.4, -0.2) is 19.5 Å². The van der Waals surface area contributed by atoms with Gasteiger partial charge in [-0.05, 0) is 31.6 Å². The Morgan fingerprint density at radius 2 is 0.958 bits per heavy atom. The molecule has 0 bridgehead atoms. The molecule has 0 atom stereocenters. The second-order valence-electron chi connectivity index (χ2n) is 7.68. The molecule has 0 saturated heterocycles. The minimum atomic E-state index is 0.0266. The van der Waals surface area contributed by atoms with Gasteiger partial charge >= 0.3 is 0 Å². The molecule has 0 unspecified atom stereocenters. The Kier molecular flexibility index (Phi) is 19.2. The van der Waals surface area contributed by atoms with Crippen LogP contribution in [-0.2, 0) is 9.47 Å². The van der Waals surface area contributed by atoms with E-state index in [4.69, 9.17) is 9.47 Å². The molecule has 0 heterocycles. The molecular weight excluding hydrogens is 296 g/mol. The fourth-order valence-corrected chi connectivity index (χ4v) is 2.88. The van der Waals surface area contributed by atoms with Crippen molar-refractivity contribution in [2.75, 3.05) is 13.2 Å². The molecule has 2 nitrogen and oxygen atoms in total. The van der Waals surface area contributed by atoms with Crippen LogP contribution in [0.1, 0.15) is 118 Å². The maximum atomic E-state index is 6.02. The molecule has 0 rings (SSSR count). The van der Waals surface area contributed by atoms with Crippen molar-refractivity contribution in [3.05, 3.63) is 0 Å². The van der Waals surface area contributed by atoms with Crippen molar-refractivity contribution in [3.63, 3.8) is 0 Å². The smallest absolute Gasteiger partial charge is 0.157 e. The number of unbranched alkanes of at least 4 members (excludes halogenated alkanes) is 10. The normalized spacial score (nSPS) is 11.8. The van der Waals surface area contributed by atoms with Gasteiger partial charge in [0.05, 0.1) is 0 Å². The lowest BCUT2D eigenvalue weighted by atomic mass is 10.1. The van der Waals surface area contributed by atoms with Crippen LogP contribution < -0.4 is 0 Å². The molecule has 0 aromatic carbocycles. The van der Waals surface area contributed by atoms with Crippen molar-refractivity contribution in [1.29, 1.82) is 0 Å². The summed E-state index contributed by atoms with van der Waals surface area (Å²) in [5.74, 6) is 0.725. The van der Waals surface area contributed by atoms with Crippen LogP contribution in [0, 0.1) is 5.92 Å². The standard InChI is InChI=1S/C22H46O2/c1-5-7-9-11-13-15-19-23-22(18-17-21(3)4)24-20-16-14-12-10-8-6-2/h21-22H,5-20H2,1-4H3. The molecule has 0 N–H and O–H groups in total. The summed E-state index contributed by atoms with van der Waals surface area (Å²) in [5.41, 5.74) is 0. The van der Waals surface area contributed by atoms with E-state index < -0.39 is 0 Å². The summed E-state index contributed by atoms with van der Waals surface area (Å²) in [6, 6.07) is 0. The average Bonchev–Trinajstić information content (AvgIpc) is 2.57. The number of ether oxygens (including phenoxy) is 2. The highest BCUT2D eigenvalue weighted by Crippen LogP contribution is 2.13. The van der Waals surface area contributed by atoms with E-state index in [0.29, 0.717) is 0 Å². The number of hydrogen-bond acceptors (Lipinski definition) is 2. The predicted octanol–water partition coefficient (Wildman–Crippen LogP) is 7.50. The fraction of sp³-hybridized carbons (Fsp3) is 1.00. The Labute approximate surface area is 153 Å². The van der Waals surface area contributed by atoms with E-state index in [2.05, 4.69) is 27.7 Å². The van der Waals surface area contributed by atoms with Gasteiger partial charge in [0.1, 0.15) is 0 Å². The van der Waals surface area contributed by atoms with Gasteiger partial charge in [-0.3, -0.25) is 0 Å². The van der Waals surface area contributed by atoms with Crippen LogP contribution in [0.15, 0.2) is 0 Å². The summed E-state index contributed by atoms with van der Waals surface area (Å²) in [6.07, 6.45) is 18.1. The molecule has 24 heavy (non-hydrogen) atoms. The van der Waals surface area contributed by atoms with Gasteiger partial charge in [-0.2, -0.15) is 0 Å². The number of hydrogen-bond donors (Lipinski definition) is 0. The Balaban J connectivity index is 3.68. The van der Waals surface area contributed by atoms with E-state index in [0.717, 1.165) is 25.6 Å². The van der Waals surface area contributed by atoms with Crippen molar-refractivity contribution < 1.29 is 9.47 Å². The summed E-state index contributed by atoms with van der Waals surface area (Å²) >= 11 is 0. The zero-order valence-corrected chi connectivity index (χ0v) is 17.3. The molecule has 0 aliphatic carbocycles. The largest absolute Gasteiger partial charge is 0.353 e. The van der Waals surface area contributed by atoms with Gasteiger partial charge in [-0.25, -0.2) is 0 Å². The molecule has 0 amide bonds. The third-order valence-electron chi connectivity index (χ3n) is 4.58. The Hall–Kier alpha value is -0.0800. The Bertz CT molecular complexity index is 210. The van der Waals surface area contributed by atoms with E-state index >= 15 is 0 Å². The highest BCUT2D eigenvalue weighted by molar-refractivity contribution is 4.53. The highest BCUT2D eigenvalue weighted by atomic mass is 16.7. The lowest BCUT2D eigenvalue weighted by molar-refractivity contribution is -0.148. The van der Waals surface area contributed by atoms with E-state index in [-0.39, 0.29) is 6.29 Å². The SMILES string of the molecule is CCCCCCCCOC(CCC(C)C)OCCCCCCCC. The van der Waals surface area contributed by atoms with Crippen molar-refractivity contribution in [2.45, 2.75) is 124 Å². The van der Waals surface area contributed by atoms with Gasteiger partial charge in [0.25, 0.3) is 0 Å². The topological polar surface area (TPSA) is 18.5 Å². The second-order valence-corrected chi connectivity index (χ2v) is 7.68. The van der Waals surface area contributed by atoms with Crippen LogP contribution in [0.25, 0.3) is 0 Å². The van der Waals surface area contributed by atoms with Crippen molar-refractivity contribution >= 4 is 0 Å². The maximum Gasteiger partial charge on any atom is 0.157 e. The minimum Gasteiger partial charge on any atom is -0.353 e. The molecule has 0 aliphatic rings. The molecule has 0 radical (unpaired) electrons. The highest BCUT2D eigenvalue weighted by Gasteiger charge is 2.10. The molecule has 0 aromatic heterocycles. The number of rotatable bonds is 19. The van der Waals surface area contributed by atoms with Crippen molar-refractivity contribution in [3.8, 4) is 0 Å². The first-order chi connectivity index (χ1) is 11.7. The molecule has 0 aliphatic heterocycles. The first-order valence-electron chi connectivity index (χ1n) is 10.9. The van der Waals surface area contributed by atoms with Gasteiger partial charge in [-0.15, -0.1) is 0 Å². The van der Waals surface area contributed by atoms with Crippen molar-refractivity contribution in [2.24, 2.45) is 5.92 Å². The Morgan fingerprint density at radius 1 is 0.542 bits per heavy atom. The average molecular weight is 343 g/mol. The third kappa shape index (κ3) is 18.3. The monoisotopic (exact) mass is 342 g/mol. The van der Waals surface area contributed by atoms with E-state index in [1.807, 2.05) is 0 Å². The molecule has 0 saturated carbocycles. The first-order valence-corrected chi connectivity index (χ1v) is 10.9. The summed E-state index contributed by atoms with van der Waals surface area (Å²) in [5, 5.41) is 0. The molecule has 0 spiro atoms. The first kappa shape index (κ1) is 23.9. The summed E-state index contributed by atoms with van der Waals surface area (Å²) in [6.45, 7) is 10.8. The van der Waals surface area contributed by atoms with Gasteiger partial charge in [0.2, 0.25) is 0 Å². The van der Waals surface area contributed by atoms with Crippen LogP contribution in [0.2, 0.25) is 0 Å². The minimum absolute atomic E-state index is 0.0266. The quantitative estimate of drug-likeness (QED) is 0.179. The second kappa shape index (κ2) is 19.2. The van der Waals surface area contributed by atoms with E-state index in [9.17, 15) is 0 Å². The maximum absolute atomic E-state index is 6.02. The molecule has 0 aromatic rings. The van der Waals surface area contributed by atoms with Gasteiger partial charge in [0, 0.05) is 13.2 Å². The zero-order chi connectivity index (χ0) is 17.9. The zero-order valence-electron chi connectivity index (χ0n) is 17.3.